The van der Waals surface area contributed by atoms with E-state index < -0.39 is 0 Å². The largest absolute Gasteiger partial charge is 0.131 e. The molecule has 0 amide bonds. The molecule has 0 unspecified atom stereocenters. The lowest BCUT2D eigenvalue weighted by Crippen LogP contribution is -1.91. The Bertz CT molecular complexity index is 206. The molecule has 0 radical (unpaired) electrons. The lowest BCUT2D eigenvalue weighted by atomic mass is 10.0. The van der Waals surface area contributed by atoms with Gasteiger partial charge in [0.1, 0.15) is 0 Å². The molecule has 114 valence electrons. The Morgan fingerprint density at radius 1 is 0.684 bits per heavy atom. The van der Waals surface area contributed by atoms with Crippen molar-refractivity contribution in [2.75, 3.05) is 5.75 Å². The molecule has 0 bridgehead atoms. The van der Waals surface area contributed by atoms with Crippen molar-refractivity contribution in [3.63, 3.8) is 0 Å². The maximum Gasteiger partial charge on any atom is -0.00234 e. The summed E-state index contributed by atoms with van der Waals surface area (Å²) < 4.78 is 0. The predicted molar refractivity (Wildman–Crippen MR) is 93.0 cm³/mol. The van der Waals surface area contributed by atoms with Crippen LogP contribution in [0, 0.1) is 0 Å². The van der Waals surface area contributed by atoms with Gasteiger partial charge < -0.3 is 0 Å². The third kappa shape index (κ3) is 11.6. The zero-order valence-electron chi connectivity index (χ0n) is 13.9. The van der Waals surface area contributed by atoms with Crippen LogP contribution in [-0.4, -0.2) is 5.75 Å². The fraction of sp³-hybridized carbons (Fsp3) is 0.889. The second-order valence-electron chi connectivity index (χ2n) is 5.63. The third-order valence-corrected chi connectivity index (χ3v) is 4.94. The summed E-state index contributed by atoms with van der Waals surface area (Å²) >= 11 is 2.12. The van der Waals surface area contributed by atoms with E-state index in [1.807, 2.05) is 0 Å². The lowest BCUT2D eigenvalue weighted by Gasteiger charge is -2.12. The van der Waals surface area contributed by atoms with Crippen LogP contribution in [0.2, 0.25) is 0 Å². The van der Waals surface area contributed by atoms with Gasteiger partial charge in [0.15, 0.2) is 0 Å². The maximum absolute atomic E-state index is 2.36. The van der Waals surface area contributed by atoms with E-state index in [9.17, 15) is 0 Å². The van der Waals surface area contributed by atoms with Gasteiger partial charge in [-0.2, -0.15) is 0 Å². The van der Waals surface area contributed by atoms with Gasteiger partial charge in [-0.25, -0.2) is 0 Å². The summed E-state index contributed by atoms with van der Waals surface area (Å²) in [5.74, 6) is 1.32. The van der Waals surface area contributed by atoms with E-state index >= 15 is 0 Å². The van der Waals surface area contributed by atoms with Crippen molar-refractivity contribution >= 4 is 11.8 Å². The summed E-state index contributed by atoms with van der Waals surface area (Å²) in [7, 11) is 0. The second kappa shape index (κ2) is 14.5. The van der Waals surface area contributed by atoms with Gasteiger partial charge in [-0.1, -0.05) is 64.9 Å². The van der Waals surface area contributed by atoms with Gasteiger partial charge in [-0.15, -0.1) is 11.8 Å². The highest BCUT2D eigenvalue weighted by atomic mass is 32.2. The first kappa shape index (κ1) is 19.1. The topological polar surface area (TPSA) is 0 Å². The Labute approximate surface area is 126 Å². The van der Waals surface area contributed by atoms with Crippen molar-refractivity contribution in [1.29, 1.82) is 0 Å². The molecule has 0 rings (SSSR count). The van der Waals surface area contributed by atoms with Crippen molar-refractivity contribution in [1.82, 2.24) is 0 Å². The minimum absolute atomic E-state index is 1.32. The van der Waals surface area contributed by atoms with Gasteiger partial charge in [0, 0.05) is 0 Å². The first-order valence-corrected chi connectivity index (χ1v) is 9.56. The molecular formula is C18H36S. The standard InChI is InChI=1S/C18H36S/c1-5-8-11-14-18(15-12-9-6-2)17(4)19-16-13-10-7-3/h5-16H2,1-4H3. The smallest absolute Gasteiger partial charge is 0.00234 e. The van der Waals surface area contributed by atoms with E-state index in [1.54, 1.807) is 10.5 Å². The Kier molecular flexibility index (Phi) is 14.6. The van der Waals surface area contributed by atoms with Crippen molar-refractivity contribution in [2.45, 2.75) is 98.3 Å². The van der Waals surface area contributed by atoms with Gasteiger partial charge in [0.25, 0.3) is 0 Å². The van der Waals surface area contributed by atoms with Crippen LogP contribution >= 0.6 is 11.8 Å². The Morgan fingerprint density at radius 3 is 1.63 bits per heavy atom. The predicted octanol–water partition coefficient (Wildman–Crippen LogP) is 7.34. The zero-order chi connectivity index (χ0) is 14.3. The molecule has 0 fully saturated rings. The molecule has 0 saturated heterocycles. The summed E-state index contributed by atoms with van der Waals surface area (Å²) in [6.45, 7) is 9.25. The molecule has 19 heavy (non-hydrogen) atoms. The first-order valence-electron chi connectivity index (χ1n) is 8.57. The van der Waals surface area contributed by atoms with Crippen molar-refractivity contribution in [2.24, 2.45) is 0 Å². The molecule has 0 saturated carbocycles. The van der Waals surface area contributed by atoms with Crippen LogP contribution < -0.4 is 0 Å². The highest BCUT2D eigenvalue weighted by molar-refractivity contribution is 8.03. The van der Waals surface area contributed by atoms with Crippen molar-refractivity contribution in [3.05, 3.63) is 10.5 Å². The van der Waals surface area contributed by atoms with Gasteiger partial charge in [0.2, 0.25) is 0 Å². The van der Waals surface area contributed by atoms with Crippen LogP contribution in [0.15, 0.2) is 10.5 Å². The van der Waals surface area contributed by atoms with E-state index in [-0.39, 0.29) is 0 Å². The molecule has 0 atom stereocenters. The minimum Gasteiger partial charge on any atom is -0.131 e. The SMILES string of the molecule is CCCCCSC(C)=C(CCCCC)CCCCC. The van der Waals surface area contributed by atoms with Crippen molar-refractivity contribution < 1.29 is 0 Å². The van der Waals surface area contributed by atoms with E-state index in [2.05, 4.69) is 39.5 Å². The summed E-state index contributed by atoms with van der Waals surface area (Å²) in [5.41, 5.74) is 1.77. The van der Waals surface area contributed by atoms with Crippen LogP contribution in [0.4, 0.5) is 0 Å². The first-order chi connectivity index (χ1) is 9.26. The molecule has 0 aromatic carbocycles. The average Bonchev–Trinajstić information content (AvgIpc) is 2.42. The number of allylic oxidation sites excluding steroid dienone is 2. The number of hydrogen-bond donors (Lipinski definition) is 0. The second-order valence-corrected chi connectivity index (χ2v) is 6.94. The Balaban J connectivity index is 4.14. The van der Waals surface area contributed by atoms with Gasteiger partial charge in [-0.3, -0.25) is 0 Å². The summed E-state index contributed by atoms with van der Waals surface area (Å²) in [5, 5.41) is 0. The minimum atomic E-state index is 1.32. The number of thioether (sulfide) groups is 1. The van der Waals surface area contributed by atoms with Crippen molar-refractivity contribution in [3.8, 4) is 0 Å². The Morgan fingerprint density at radius 2 is 1.16 bits per heavy atom. The number of rotatable bonds is 13. The van der Waals surface area contributed by atoms with Crippen LogP contribution in [0.25, 0.3) is 0 Å². The van der Waals surface area contributed by atoms with Gasteiger partial charge >= 0.3 is 0 Å². The maximum atomic E-state index is 2.36. The van der Waals surface area contributed by atoms with E-state index in [1.165, 1.54) is 76.4 Å². The van der Waals surface area contributed by atoms with Crippen LogP contribution in [-0.2, 0) is 0 Å². The van der Waals surface area contributed by atoms with Crippen LogP contribution in [0.5, 0.6) is 0 Å². The molecular weight excluding hydrogens is 248 g/mol. The molecule has 0 aliphatic rings. The molecule has 0 spiro atoms. The third-order valence-electron chi connectivity index (χ3n) is 3.73. The summed E-state index contributed by atoms with van der Waals surface area (Å²) in [6, 6.07) is 0. The fourth-order valence-corrected chi connectivity index (χ4v) is 3.40. The molecule has 0 N–H and O–H groups in total. The normalized spacial score (nSPS) is 10.7. The monoisotopic (exact) mass is 284 g/mol. The fourth-order valence-electron chi connectivity index (χ4n) is 2.33. The highest BCUT2D eigenvalue weighted by Gasteiger charge is 2.04. The van der Waals surface area contributed by atoms with E-state index in [0.717, 1.165) is 0 Å². The number of hydrogen-bond acceptors (Lipinski definition) is 1. The zero-order valence-corrected chi connectivity index (χ0v) is 14.7. The molecule has 0 aromatic rings. The van der Waals surface area contributed by atoms with E-state index in [4.69, 9.17) is 0 Å². The molecule has 0 aromatic heterocycles. The molecule has 0 aliphatic heterocycles. The highest BCUT2D eigenvalue weighted by Crippen LogP contribution is 2.28. The summed E-state index contributed by atoms with van der Waals surface area (Å²) in [6.07, 6.45) is 15.1. The van der Waals surface area contributed by atoms with E-state index in [0.29, 0.717) is 0 Å². The summed E-state index contributed by atoms with van der Waals surface area (Å²) in [4.78, 5) is 1.64. The quantitative estimate of drug-likeness (QED) is 0.319. The molecule has 0 aliphatic carbocycles. The van der Waals surface area contributed by atoms with Crippen LogP contribution in [0.1, 0.15) is 98.3 Å². The van der Waals surface area contributed by atoms with Gasteiger partial charge in [-0.05, 0) is 49.7 Å². The molecule has 0 heterocycles. The molecule has 0 nitrogen and oxygen atoms in total. The molecule has 1 heteroatoms. The van der Waals surface area contributed by atoms with Crippen LogP contribution in [0.3, 0.4) is 0 Å². The Hall–Kier alpha value is 0.0900. The average molecular weight is 285 g/mol. The van der Waals surface area contributed by atoms with Gasteiger partial charge in [0.05, 0.1) is 0 Å². The number of unbranched alkanes of at least 4 members (excludes halogenated alkanes) is 6. The lowest BCUT2D eigenvalue weighted by molar-refractivity contribution is 0.657.